The molecule has 4 rings (SSSR count). The van der Waals surface area contributed by atoms with E-state index in [4.69, 9.17) is 0 Å². The van der Waals surface area contributed by atoms with Crippen LogP contribution in [0.25, 0.3) is 0 Å². The number of thiazole rings is 1. The van der Waals surface area contributed by atoms with Gasteiger partial charge >= 0.3 is 6.03 Å². The number of aryl methyl sites for hydroxylation is 1. The first-order valence-corrected chi connectivity index (χ1v) is 11.9. The van der Waals surface area contributed by atoms with E-state index in [9.17, 15) is 23.2 Å². The zero-order valence-electron chi connectivity index (χ0n) is 18.6. The summed E-state index contributed by atoms with van der Waals surface area (Å²) in [6, 6.07) is 3.15. The predicted molar refractivity (Wildman–Crippen MR) is 119 cm³/mol. The molecule has 10 heteroatoms. The average molecular weight is 477 g/mol. The number of carbonyl (C=O) groups excluding carboxylic acids is 3. The van der Waals surface area contributed by atoms with E-state index in [-0.39, 0.29) is 23.9 Å². The second-order valence-corrected chi connectivity index (χ2v) is 9.43. The van der Waals surface area contributed by atoms with Gasteiger partial charge in [-0.25, -0.2) is 18.6 Å². The lowest BCUT2D eigenvalue weighted by atomic mass is 9.75. The van der Waals surface area contributed by atoms with Crippen LogP contribution in [0.15, 0.2) is 23.7 Å². The number of urea groups is 1. The highest BCUT2D eigenvalue weighted by atomic mass is 32.1. The Morgan fingerprint density at radius 3 is 2.64 bits per heavy atom. The lowest BCUT2D eigenvalue weighted by Crippen LogP contribution is -2.56. The Kier molecular flexibility index (Phi) is 6.47. The lowest BCUT2D eigenvalue weighted by molar-refractivity contribution is -0.134. The van der Waals surface area contributed by atoms with E-state index in [1.807, 2.05) is 13.8 Å². The minimum absolute atomic E-state index is 0.157. The summed E-state index contributed by atoms with van der Waals surface area (Å²) in [5, 5.41) is 2.94. The molecule has 4 amide bonds. The summed E-state index contributed by atoms with van der Waals surface area (Å²) in [7, 11) is 0. The SMILES string of the molecule is CCC1(C2CCN(C(=O)c3cccc(F)c3F)CC2)NC(=O)N(CCc2scnc2C)C1=O. The second-order valence-electron chi connectivity index (χ2n) is 8.49. The summed E-state index contributed by atoms with van der Waals surface area (Å²) in [4.78, 5) is 46.8. The molecule has 3 heterocycles. The van der Waals surface area contributed by atoms with Crippen molar-refractivity contribution < 1.29 is 23.2 Å². The largest absolute Gasteiger partial charge is 0.339 e. The van der Waals surface area contributed by atoms with Crippen molar-refractivity contribution in [2.24, 2.45) is 5.92 Å². The fraction of sp³-hybridized carbons (Fsp3) is 0.478. The topological polar surface area (TPSA) is 82.6 Å². The van der Waals surface area contributed by atoms with Gasteiger partial charge in [0.15, 0.2) is 11.6 Å². The molecule has 1 aromatic heterocycles. The Hall–Kier alpha value is -2.88. The maximum absolute atomic E-state index is 14.1. The molecular weight excluding hydrogens is 450 g/mol. The zero-order valence-corrected chi connectivity index (χ0v) is 19.4. The molecule has 176 valence electrons. The number of nitrogens with one attached hydrogen (secondary N) is 1. The van der Waals surface area contributed by atoms with Gasteiger partial charge in [0.05, 0.1) is 16.8 Å². The van der Waals surface area contributed by atoms with Gasteiger partial charge in [0, 0.05) is 30.9 Å². The fourth-order valence-corrected chi connectivity index (χ4v) is 5.62. The number of amides is 4. The van der Waals surface area contributed by atoms with Gasteiger partial charge in [-0.1, -0.05) is 13.0 Å². The standard InChI is InChI=1S/C23H26F2N4O3S/c1-3-23(21(31)29(22(32)27-23)12-9-18-14(2)26-13-33-18)15-7-10-28(11-8-15)20(30)16-5-4-6-17(24)19(16)25/h4-6,13,15H,3,7-12H2,1-2H3,(H,27,32). The molecule has 2 saturated heterocycles. The Balaban J connectivity index is 1.43. The van der Waals surface area contributed by atoms with Gasteiger partial charge in [0.1, 0.15) is 5.54 Å². The summed E-state index contributed by atoms with van der Waals surface area (Å²) < 4.78 is 27.6. The number of halogens is 2. The van der Waals surface area contributed by atoms with E-state index in [1.165, 1.54) is 33.3 Å². The Morgan fingerprint density at radius 1 is 1.27 bits per heavy atom. The normalized spacial score (nSPS) is 21.6. The lowest BCUT2D eigenvalue weighted by Gasteiger charge is -2.40. The quantitative estimate of drug-likeness (QED) is 0.647. The molecule has 0 aliphatic carbocycles. The molecule has 2 aliphatic heterocycles. The van der Waals surface area contributed by atoms with E-state index < -0.39 is 29.1 Å². The van der Waals surface area contributed by atoms with Crippen LogP contribution in [-0.2, 0) is 11.2 Å². The first-order valence-electron chi connectivity index (χ1n) is 11.0. The fourth-order valence-electron chi connectivity index (χ4n) is 4.85. The summed E-state index contributed by atoms with van der Waals surface area (Å²) in [5.74, 6) is -3.18. The van der Waals surface area contributed by atoms with Gasteiger partial charge in [-0.15, -0.1) is 11.3 Å². The molecule has 1 atom stereocenters. The highest BCUT2D eigenvalue weighted by Crippen LogP contribution is 2.36. The molecule has 2 fully saturated rings. The van der Waals surface area contributed by atoms with Crippen LogP contribution in [-0.4, -0.2) is 57.8 Å². The van der Waals surface area contributed by atoms with Crippen molar-refractivity contribution in [1.29, 1.82) is 0 Å². The average Bonchev–Trinajstić information content (AvgIpc) is 3.34. The van der Waals surface area contributed by atoms with Crippen molar-refractivity contribution in [3.8, 4) is 0 Å². The molecule has 0 bridgehead atoms. The number of piperidine rings is 1. The number of nitrogens with zero attached hydrogens (tertiary/aromatic N) is 3. The van der Waals surface area contributed by atoms with Crippen molar-refractivity contribution in [3.63, 3.8) is 0 Å². The number of likely N-dealkylation sites (tertiary alicyclic amines) is 1. The Bertz CT molecular complexity index is 1080. The molecule has 1 unspecified atom stereocenters. The molecule has 33 heavy (non-hydrogen) atoms. The van der Waals surface area contributed by atoms with Gasteiger partial charge < -0.3 is 10.2 Å². The summed E-state index contributed by atoms with van der Waals surface area (Å²) >= 11 is 1.50. The van der Waals surface area contributed by atoms with Gasteiger partial charge in [0.25, 0.3) is 11.8 Å². The van der Waals surface area contributed by atoms with Crippen molar-refractivity contribution >= 4 is 29.2 Å². The maximum Gasteiger partial charge on any atom is 0.325 e. The minimum Gasteiger partial charge on any atom is -0.339 e. The van der Waals surface area contributed by atoms with Gasteiger partial charge in [0.2, 0.25) is 0 Å². The van der Waals surface area contributed by atoms with Crippen LogP contribution in [0, 0.1) is 24.5 Å². The molecule has 7 nitrogen and oxygen atoms in total. The number of aromatic nitrogens is 1. The van der Waals surface area contributed by atoms with Gasteiger partial charge in [-0.05, 0) is 44.2 Å². The Labute approximate surface area is 194 Å². The summed E-state index contributed by atoms with van der Waals surface area (Å²) in [6.45, 7) is 4.65. The number of rotatable bonds is 6. The highest BCUT2D eigenvalue weighted by molar-refractivity contribution is 7.09. The van der Waals surface area contributed by atoms with Crippen LogP contribution in [0.5, 0.6) is 0 Å². The predicted octanol–water partition coefficient (Wildman–Crippen LogP) is 3.53. The first kappa shape index (κ1) is 23.3. The van der Waals surface area contributed by atoms with Crippen molar-refractivity contribution in [2.75, 3.05) is 19.6 Å². The highest BCUT2D eigenvalue weighted by Gasteiger charge is 2.54. The molecule has 1 aromatic carbocycles. The first-order chi connectivity index (χ1) is 15.8. The molecule has 2 aromatic rings. The van der Waals surface area contributed by atoms with Crippen LogP contribution in [0.2, 0.25) is 0 Å². The molecule has 0 saturated carbocycles. The third-order valence-corrected chi connectivity index (χ3v) is 7.82. The maximum atomic E-state index is 14.1. The zero-order chi connectivity index (χ0) is 23.8. The van der Waals surface area contributed by atoms with Crippen LogP contribution >= 0.6 is 11.3 Å². The summed E-state index contributed by atoms with van der Waals surface area (Å²) in [6.07, 6.45) is 1.95. The molecule has 1 N–H and O–H groups in total. The van der Waals surface area contributed by atoms with Crippen LogP contribution < -0.4 is 5.32 Å². The monoisotopic (exact) mass is 476 g/mol. The molecular formula is C23H26F2N4O3S. The number of carbonyl (C=O) groups is 3. The van der Waals surface area contributed by atoms with E-state index in [0.29, 0.717) is 38.8 Å². The summed E-state index contributed by atoms with van der Waals surface area (Å²) in [5.41, 5.74) is 1.34. The van der Waals surface area contributed by atoms with E-state index in [1.54, 1.807) is 5.51 Å². The third-order valence-electron chi connectivity index (χ3n) is 6.83. The van der Waals surface area contributed by atoms with Crippen molar-refractivity contribution in [3.05, 3.63) is 51.5 Å². The van der Waals surface area contributed by atoms with Gasteiger partial charge in [-0.3, -0.25) is 14.5 Å². The minimum atomic E-state index is -1.15. The van der Waals surface area contributed by atoms with Gasteiger partial charge in [-0.2, -0.15) is 0 Å². The molecule has 2 aliphatic rings. The Morgan fingerprint density at radius 2 is 2.00 bits per heavy atom. The van der Waals surface area contributed by atoms with Crippen LogP contribution in [0.3, 0.4) is 0 Å². The van der Waals surface area contributed by atoms with Crippen LogP contribution in [0.4, 0.5) is 13.6 Å². The van der Waals surface area contributed by atoms with Crippen molar-refractivity contribution in [2.45, 2.75) is 45.1 Å². The molecule has 0 radical (unpaired) electrons. The number of hydrogen-bond acceptors (Lipinski definition) is 5. The number of benzene rings is 1. The van der Waals surface area contributed by atoms with Crippen LogP contribution in [0.1, 0.15) is 47.1 Å². The smallest absolute Gasteiger partial charge is 0.325 e. The second kappa shape index (κ2) is 9.17. The van der Waals surface area contributed by atoms with E-state index in [2.05, 4.69) is 10.3 Å². The number of hydrogen-bond donors (Lipinski definition) is 1. The van der Waals surface area contributed by atoms with E-state index >= 15 is 0 Å². The molecule has 0 spiro atoms. The van der Waals surface area contributed by atoms with Crippen molar-refractivity contribution in [1.82, 2.24) is 20.1 Å². The van der Waals surface area contributed by atoms with E-state index in [0.717, 1.165) is 16.6 Å². The number of imide groups is 1. The third kappa shape index (κ3) is 4.12.